The standard InChI is InChI=1S/C36H25ClFN7O3/c37-30-29(17-18-39-34(30)42-31(23-7-3-1-4-8-23)24-9-5-2-6-10-24)48-27-19-40-36(41-20-27)43-35(47)32-33(46)28(21-45(44-32)26-15-16-26)22-11-13-25(38)14-12-22/h1-14,17-21,26H,15-16H2,(H,40,41,43,47). The van der Waals surface area contributed by atoms with Crippen LogP contribution in [0, 0.1) is 5.82 Å². The highest BCUT2D eigenvalue weighted by atomic mass is 35.5. The van der Waals surface area contributed by atoms with Gasteiger partial charge in [-0.2, -0.15) is 5.10 Å². The van der Waals surface area contributed by atoms with Crippen LogP contribution < -0.4 is 15.5 Å². The van der Waals surface area contributed by atoms with Crippen LogP contribution in [-0.4, -0.2) is 36.4 Å². The van der Waals surface area contributed by atoms with E-state index in [0.29, 0.717) is 11.3 Å². The highest BCUT2D eigenvalue weighted by molar-refractivity contribution is 6.34. The number of nitrogens with one attached hydrogen (secondary N) is 1. The van der Waals surface area contributed by atoms with Gasteiger partial charge >= 0.3 is 0 Å². The van der Waals surface area contributed by atoms with Crippen molar-refractivity contribution in [3.05, 3.63) is 154 Å². The molecular formula is C36H25ClFN7O3. The van der Waals surface area contributed by atoms with Gasteiger partial charge in [0.15, 0.2) is 23.0 Å². The highest BCUT2D eigenvalue weighted by Gasteiger charge is 2.27. The van der Waals surface area contributed by atoms with Crippen LogP contribution in [0.2, 0.25) is 5.02 Å². The van der Waals surface area contributed by atoms with Gasteiger partial charge in [0.05, 0.1) is 24.1 Å². The van der Waals surface area contributed by atoms with Gasteiger partial charge < -0.3 is 4.74 Å². The smallest absolute Gasteiger partial charge is 0.282 e. The number of hydrogen-bond acceptors (Lipinski definition) is 8. The number of aliphatic imine (C=N–C) groups is 1. The van der Waals surface area contributed by atoms with Crippen molar-refractivity contribution in [2.75, 3.05) is 5.32 Å². The van der Waals surface area contributed by atoms with Crippen LogP contribution in [0.3, 0.4) is 0 Å². The van der Waals surface area contributed by atoms with Crippen LogP contribution in [0.15, 0.2) is 126 Å². The van der Waals surface area contributed by atoms with Crippen LogP contribution in [0.1, 0.15) is 40.5 Å². The number of rotatable bonds is 9. The Hall–Kier alpha value is -6.07. The Morgan fingerprint density at radius 1 is 0.896 bits per heavy atom. The van der Waals surface area contributed by atoms with Gasteiger partial charge in [-0.15, -0.1) is 0 Å². The van der Waals surface area contributed by atoms with Gasteiger partial charge in [-0.25, -0.2) is 24.3 Å². The van der Waals surface area contributed by atoms with Crippen molar-refractivity contribution in [3.63, 3.8) is 0 Å². The zero-order valence-corrected chi connectivity index (χ0v) is 25.9. The molecule has 0 atom stereocenters. The average Bonchev–Trinajstić information content (AvgIpc) is 3.97. The maximum absolute atomic E-state index is 13.5. The Morgan fingerprint density at radius 3 is 2.17 bits per heavy atom. The Bertz CT molecular complexity index is 2150. The van der Waals surface area contributed by atoms with Gasteiger partial charge in [0, 0.05) is 35.2 Å². The summed E-state index contributed by atoms with van der Waals surface area (Å²) in [7, 11) is 0. The monoisotopic (exact) mass is 657 g/mol. The van der Waals surface area contributed by atoms with Crippen molar-refractivity contribution in [2.24, 2.45) is 4.99 Å². The molecule has 10 nitrogen and oxygen atoms in total. The number of anilines is 1. The lowest BCUT2D eigenvalue weighted by Gasteiger charge is -2.11. The number of carbonyl (C=O) groups excluding carboxylic acids is 1. The number of pyridine rings is 1. The summed E-state index contributed by atoms with van der Waals surface area (Å²) >= 11 is 6.72. The number of carbonyl (C=O) groups is 1. The van der Waals surface area contributed by atoms with Gasteiger partial charge in [-0.05, 0) is 30.5 Å². The fourth-order valence-electron chi connectivity index (χ4n) is 4.91. The molecule has 0 radical (unpaired) electrons. The number of hydrogen-bond donors (Lipinski definition) is 1. The van der Waals surface area contributed by atoms with Gasteiger partial charge in [0.1, 0.15) is 10.8 Å². The predicted octanol–water partition coefficient (Wildman–Crippen LogP) is 7.44. The average molecular weight is 658 g/mol. The van der Waals surface area contributed by atoms with Crippen molar-refractivity contribution >= 4 is 35.0 Å². The minimum atomic E-state index is -0.778. The third-order valence-electron chi connectivity index (χ3n) is 7.46. The third kappa shape index (κ3) is 6.72. The highest BCUT2D eigenvalue weighted by Crippen LogP contribution is 2.36. The molecule has 3 heterocycles. The molecule has 1 fully saturated rings. The molecule has 0 aliphatic heterocycles. The second-order valence-corrected chi connectivity index (χ2v) is 11.3. The second kappa shape index (κ2) is 13.3. The Balaban J connectivity index is 1.11. The van der Waals surface area contributed by atoms with Crippen LogP contribution in [-0.2, 0) is 0 Å². The molecule has 0 unspecified atom stereocenters. The second-order valence-electron chi connectivity index (χ2n) is 10.9. The van der Waals surface area contributed by atoms with E-state index >= 15 is 0 Å². The zero-order valence-electron chi connectivity index (χ0n) is 25.1. The molecule has 48 heavy (non-hydrogen) atoms. The van der Waals surface area contributed by atoms with E-state index in [2.05, 4.69) is 25.4 Å². The molecule has 12 heteroatoms. The summed E-state index contributed by atoms with van der Waals surface area (Å²) in [6.07, 6.45) is 7.59. The summed E-state index contributed by atoms with van der Waals surface area (Å²) in [5, 5.41) is 7.00. The summed E-state index contributed by atoms with van der Waals surface area (Å²) in [5.41, 5.74) is 2.27. The maximum atomic E-state index is 13.5. The van der Waals surface area contributed by atoms with E-state index in [9.17, 15) is 14.0 Å². The van der Waals surface area contributed by atoms with E-state index in [1.165, 1.54) is 42.9 Å². The van der Waals surface area contributed by atoms with Gasteiger partial charge in [0.2, 0.25) is 11.4 Å². The number of benzene rings is 3. The number of halogens is 2. The molecule has 1 aliphatic carbocycles. The molecule has 3 aromatic heterocycles. The largest absolute Gasteiger partial charge is 0.452 e. The molecule has 1 amide bonds. The Kier molecular flexibility index (Phi) is 8.50. The van der Waals surface area contributed by atoms with Gasteiger partial charge in [-0.1, -0.05) is 84.4 Å². The molecule has 0 saturated heterocycles. The minimum Gasteiger partial charge on any atom is -0.452 e. The van der Waals surface area contributed by atoms with Crippen molar-refractivity contribution in [2.45, 2.75) is 18.9 Å². The van der Waals surface area contributed by atoms with Crippen LogP contribution in [0.4, 0.5) is 16.2 Å². The number of aromatic nitrogens is 5. The van der Waals surface area contributed by atoms with Crippen LogP contribution >= 0.6 is 11.6 Å². The molecular weight excluding hydrogens is 633 g/mol. The topological polar surface area (TPSA) is 124 Å². The normalized spacial score (nSPS) is 12.3. The van der Waals surface area contributed by atoms with Crippen LogP contribution in [0.25, 0.3) is 11.1 Å². The summed E-state index contributed by atoms with van der Waals surface area (Å²) in [4.78, 5) is 44.1. The summed E-state index contributed by atoms with van der Waals surface area (Å²) in [5.74, 6) is -0.518. The lowest BCUT2D eigenvalue weighted by molar-refractivity contribution is 0.101. The zero-order chi connectivity index (χ0) is 33.0. The van der Waals surface area contributed by atoms with E-state index in [0.717, 1.165) is 24.0 Å². The Labute approximate surface area is 278 Å². The van der Waals surface area contributed by atoms with E-state index in [1.54, 1.807) is 16.9 Å². The van der Waals surface area contributed by atoms with E-state index in [-0.39, 0.29) is 45.6 Å². The van der Waals surface area contributed by atoms with Gasteiger partial charge in [-0.3, -0.25) is 19.6 Å². The first kappa shape index (κ1) is 30.6. The van der Waals surface area contributed by atoms with Crippen molar-refractivity contribution in [3.8, 4) is 22.6 Å². The first-order chi connectivity index (χ1) is 23.4. The summed E-state index contributed by atoms with van der Waals surface area (Å²) < 4.78 is 21.1. The van der Waals surface area contributed by atoms with Crippen LogP contribution in [0.5, 0.6) is 11.5 Å². The molecule has 6 aromatic rings. The van der Waals surface area contributed by atoms with E-state index in [1.807, 2.05) is 60.7 Å². The molecule has 236 valence electrons. The number of nitrogens with zero attached hydrogens (tertiary/aromatic N) is 6. The third-order valence-corrected chi connectivity index (χ3v) is 7.81. The summed E-state index contributed by atoms with van der Waals surface area (Å²) in [6, 6.07) is 26.6. The first-order valence-corrected chi connectivity index (χ1v) is 15.4. The lowest BCUT2D eigenvalue weighted by atomic mass is 10.0. The predicted molar refractivity (Wildman–Crippen MR) is 180 cm³/mol. The SMILES string of the molecule is O=C(Nc1ncc(Oc2ccnc(N=C(c3ccccc3)c3ccccc3)c2Cl)cn1)c1nn(C2CC2)cc(-c2ccc(F)cc2)c1=O. The van der Waals surface area contributed by atoms with E-state index < -0.39 is 17.2 Å². The molecule has 1 aliphatic rings. The minimum absolute atomic E-state index is 0.0693. The maximum Gasteiger partial charge on any atom is 0.282 e. The first-order valence-electron chi connectivity index (χ1n) is 15.0. The summed E-state index contributed by atoms with van der Waals surface area (Å²) in [6.45, 7) is 0. The molecule has 0 bridgehead atoms. The molecule has 1 saturated carbocycles. The number of ether oxygens (including phenoxy) is 1. The van der Waals surface area contributed by atoms with Crippen molar-refractivity contribution < 1.29 is 13.9 Å². The molecule has 3 aromatic carbocycles. The lowest BCUT2D eigenvalue weighted by Crippen LogP contribution is -2.28. The Morgan fingerprint density at radius 2 is 1.54 bits per heavy atom. The van der Waals surface area contributed by atoms with Crippen molar-refractivity contribution in [1.82, 2.24) is 24.7 Å². The van der Waals surface area contributed by atoms with Gasteiger partial charge in [0.25, 0.3) is 5.91 Å². The quantitative estimate of drug-likeness (QED) is 0.160. The molecule has 1 N–H and O–H groups in total. The van der Waals surface area contributed by atoms with E-state index in [4.69, 9.17) is 21.3 Å². The van der Waals surface area contributed by atoms with Crippen molar-refractivity contribution in [1.29, 1.82) is 0 Å². The fraction of sp³-hybridized carbons (Fsp3) is 0.0833. The molecule has 0 spiro atoms. The molecule has 7 rings (SSSR count). The number of amides is 1. The fourth-order valence-corrected chi connectivity index (χ4v) is 5.10.